The third kappa shape index (κ3) is 2.37. The summed E-state index contributed by atoms with van der Waals surface area (Å²) in [6, 6.07) is 0.0780. The lowest BCUT2D eigenvalue weighted by Crippen LogP contribution is -2.22. The van der Waals surface area contributed by atoms with Crippen LogP contribution in [0.15, 0.2) is 15.1 Å². The van der Waals surface area contributed by atoms with Crippen molar-refractivity contribution in [1.82, 2.24) is 15.1 Å². The summed E-state index contributed by atoms with van der Waals surface area (Å²) in [5.41, 5.74) is 3.54. The van der Waals surface area contributed by atoms with Gasteiger partial charge >= 0.3 is 0 Å². The first-order chi connectivity index (χ1) is 9.01. The predicted molar refractivity (Wildman–Crippen MR) is 79.4 cm³/mol. The van der Waals surface area contributed by atoms with Gasteiger partial charge in [-0.25, -0.2) is 0 Å². The van der Waals surface area contributed by atoms with Crippen LogP contribution in [-0.2, 0) is 6.54 Å². The monoisotopic (exact) mass is 325 g/mol. The summed E-state index contributed by atoms with van der Waals surface area (Å²) >= 11 is 3.60. The normalized spacial score (nSPS) is 12.9. The van der Waals surface area contributed by atoms with Crippen LogP contribution in [0.25, 0.3) is 0 Å². The third-order valence-electron chi connectivity index (χ3n) is 3.60. The quantitative estimate of drug-likeness (QED) is 0.935. The Morgan fingerprint density at radius 1 is 1.37 bits per heavy atom. The number of hydrogen-bond acceptors (Lipinski definition) is 3. The second-order valence-corrected chi connectivity index (χ2v) is 5.52. The van der Waals surface area contributed by atoms with E-state index >= 15 is 0 Å². The van der Waals surface area contributed by atoms with Gasteiger partial charge in [-0.15, -0.1) is 0 Å². The van der Waals surface area contributed by atoms with Crippen LogP contribution in [0.4, 0.5) is 0 Å². The minimum Gasteiger partial charge on any atom is -0.466 e. The van der Waals surface area contributed by atoms with Gasteiger partial charge in [-0.05, 0) is 56.2 Å². The van der Waals surface area contributed by atoms with E-state index in [4.69, 9.17) is 4.42 Å². The van der Waals surface area contributed by atoms with E-state index in [0.717, 1.165) is 28.2 Å². The Morgan fingerprint density at radius 3 is 2.53 bits per heavy atom. The van der Waals surface area contributed by atoms with E-state index < -0.39 is 0 Å². The lowest BCUT2D eigenvalue weighted by Gasteiger charge is -2.19. The zero-order valence-electron chi connectivity index (χ0n) is 12.0. The fourth-order valence-electron chi connectivity index (χ4n) is 2.56. The first-order valence-corrected chi connectivity index (χ1v) is 7.25. The minimum atomic E-state index is 0.0780. The maximum atomic E-state index is 5.75. The molecule has 2 aromatic rings. The van der Waals surface area contributed by atoms with Crippen LogP contribution in [-0.4, -0.2) is 16.8 Å². The van der Waals surface area contributed by atoms with Gasteiger partial charge in [0.2, 0.25) is 0 Å². The molecule has 19 heavy (non-hydrogen) atoms. The number of aryl methyl sites for hydroxylation is 3. The molecule has 0 fully saturated rings. The Labute approximate surface area is 122 Å². The highest BCUT2D eigenvalue weighted by Gasteiger charge is 2.26. The molecule has 1 N–H and O–H groups in total. The van der Waals surface area contributed by atoms with Crippen molar-refractivity contribution in [3.8, 4) is 0 Å². The van der Waals surface area contributed by atoms with Gasteiger partial charge in [0.25, 0.3) is 0 Å². The van der Waals surface area contributed by atoms with E-state index in [9.17, 15) is 0 Å². The molecule has 0 aliphatic carbocycles. The number of halogens is 1. The van der Waals surface area contributed by atoms with Gasteiger partial charge in [0.1, 0.15) is 11.5 Å². The van der Waals surface area contributed by atoms with Gasteiger partial charge in [-0.3, -0.25) is 4.68 Å². The van der Waals surface area contributed by atoms with Gasteiger partial charge in [0.15, 0.2) is 0 Å². The Morgan fingerprint density at radius 2 is 2.05 bits per heavy atom. The van der Waals surface area contributed by atoms with Gasteiger partial charge < -0.3 is 9.73 Å². The van der Waals surface area contributed by atoms with E-state index in [1.165, 1.54) is 11.1 Å². The van der Waals surface area contributed by atoms with Gasteiger partial charge in [-0.1, -0.05) is 0 Å². The van der Waals surface area contributed by atoms with Crippen molar-refractivity contribution >= 4 is 15.9 Å². The molecule has 0 aromatic carbocycles. The second kappa shape index (κ2) is 5.51. The molecule has 0 bridgehead atoms. The topological polar surface area (TPSA) is 43.0 Å². The molecule has 2 heterocycles. The molecule has 2 rings (SSSR count). The van der Waals surface area contributed by atoms with Crippen molar-refractivity contribution in [2.45, 2.75) is 40.3 Å². The number of rotatable bonds is 4. The molecule has 0 saturated heterocycles. The smallest absolute Gasteiger partial charge is 0.106 e. The second-order valence-electron chi connectivity index (χ2n) is 4.67. The van der Waals surface area contributed by atoms with Crippen LogP contribution in [0, 0.1) is 20.8 Å². The average Bonchev–Trinajstić information content (AvgIpc) is 2.86. The van der Waals surface area contributed by atoms with E-state index in [1.807, 2.05) is 31.8 Å². The van der Waals surface area contributed by atoms with Crippen LogP contribution in [0.1, 0.15) is 41.3 Å². The highest BCUT2D eigenvalue weighted by atomic mass is 79.9. The number of nitrogens with one attached hydrogen (secondary N) is 1. The van der Waals surface area contributed by atoms with Crippen LogP contribution in [0.2, 0.25) is 0 Å². The number of aromatic nitrogens is 2. The maximum absolute atomic E-state index is 5.75. The zero-order valence-corrected chi connectivity index (χ0v) is 13.6. The number of hydrogen-bond donors (Lipinski definition) is 1. The van der Waals surface area contributed by atoms with E-state index in [2.05, 4.69) is 40.2 Å². The standard InChI is InChI=1S/C14H20BrN3O/c1-6-18-14(11(15)7-17-18)13(16-5)12-8(2)9(3)19-10(12)4/h7,13,16H,6H2,1-5H3. The lowest BCUT2D eigenvalue weighted by atomic mass is 9.99. The van der Waals surface area contributed by atoms with Crippen molar-refractivity contribution in [1.29, 1.82) is 0 Å². The molecule has 0 spiro atoms. The molecular formula is C14H20BrN3O. The highest BCUT2D eigenvalue weighted by Crippen LogP contribution is 2.34. The lowest BCUT2D eigenvalue weighted by molar-refractivity contribution is 0.491. The minimum absolute atomic E-state index is 0.0780. The van der Waals surface area contributed by atoms with Gasteiger partial charge in [0, 0.05) is 12.1 Å². The number of furan rings is 1. The van der Waals surface area contributed by atoms with E-state index in [1.54, 1.807) is 0 Å². The third-order valence-corrected chi connectivity index (χ3v) is 4.21. The molecule has 0 amide bonds. The molecule has 4 nitrogen and oxygen atoms in total. The molecule has 104 valence electrons. The summed E-state index contributed by atoms with van der Waals surface area (Å²) < 4.78 is 8.78. The Bertz CT molecular complexity index is 586. The largest absolute Gasteiger partial charge is 0.466 e. The summed E-state index contributed by atoms with van der Waals surface area (Å²) in [5, 5.41) is 7.77. The first-order valence-electron chi connectivity index (χ1n) is 6.46. The van der Waals surface area contributed by atoms with Crippen LogP contribution in [0.5, 0.6) is 0 Å². The van der Waals surface area contributed by atoms with E-state index in [0.29, 0.717) is 0 Å². The molecule has 0 aliphatic heterocycles. The predicted octanol–water partition coefficient (Wildman–Crippen LogP) is 3.49. The van der Waals surface area contributed by atoms with Gasteiger partial charge in [0.05, 0.1) is 22.4 Å². The summed E-state index contributed by atoms with van der Waals surface area (Å²) in [6.45, 7) is 9.06. The Balaban J connectivity index is 2.59. The molecule has 0 radical (unpaired) electrons. The highest BCUT2D eigenvalue weighted by molar-refractivity contribution is 9.10. The molecule has 1 unspecified atom stereocenters. The summed E-state index contributed by atoms with van der Waals surface area (Å²) in [7, 11) is 1.96. The Hall–Kier alpha value is -1.07. The summed E-state index contributed by atoms with van der Waals surface area (Å²) in [4.78, 5) is 0. The van der Waals surface area contributed by atoms with E-state index in [-0.39, 0.29) is 6.04 Å². The SMILES string of the molecule is CCn1ncc(Br)c1C(NC)c1c(C)oc(C)c1C. The zero-order chi connectivity index (χ0) is 14.2. The van der Waals surface area contributed by atoms with Crippen molar-refractivity contribution in [3.05, 3.63) is 39.0 Å². The molecule has 0 aliphatic rings. The fourth-order valence-corrected chi connectivity index (χ4v) is 3.09. The first kappa shape index (κ1) is 14.3. The maximum Gasteiger partial charge on any atom is 0.106 e. The average molecular weight is 326 g/mol. The summed E-state index contributed by atoms with van der Waals surface area (Å²) in [5.74, 6) is 1.94. The van der Waals surface area contributed by atoms with Crippen LogP contribution >= 0.6 is 15.9 Å². The molecule has 5 heteroatoms. The van der Waals surface area contributed by atoms with Crippen LogP contribution < -0.4 is 5.32 Å². The molecule has 2 aromatic heterocycles. The van der Waals surface area contributed by atoms with Gasteiger partial charge in [-0.2, -0.15) is 5.10 Å². The number of nitrogens with zero attached hydrogens (tertiary/aromatic N) is 2. The van der Waals surface area contributed by atoms with Crippen LogP contribution in [0.3, 0.4) is 0 Å². The van der Waals surface area contributed by atoms with Crippen molar-refractivity contribution in [2.75, 3.05) is 7.05 Å². The van der Waals surface area contributed by atoms with Crippen molar-refractivity contribution in [3.63, 3.8) is 0 Å². The summed E-state index contributed by atoms with van der Waals surface area (Å²) in [6.07, 6.45) is 1.85. The molecule has 1 atom stereocenters. The molecule has 0 saturated carbocycles. The molecular weight excluding hydrogens is 306 g/mol. The fraction of sp³-hybridized carbons (Fsp3) is 0.500. The van der Waals surface area contributed by atoms with Crippen molar-refractivity contribution in [2.24, 2.45) is 0 Å². The Kier molecular flexibility index (Phi) is 4.16. The van der Waals surface area contributed by atoms with Crippen molar-refractivity contribution < 1.29 is 4.42 Å².